The van der Waals surface area contributed by atoms with Crippen molar-refractivity contribution in [2.24, 2.45) is 5.92 Å². The number of hydrogen-bond acceptors (Lipinski definition) is 4. The van der Waals surface area contributed by atoms with E-state index in [2.05, 4.69) is 6.58 Å². The zero-order valence-electron chi connectivity index (χ0n) is 13.1. The van der Waals surface area contributed by atoms with Crippen molar-refractivity contribution in [2.75, 3.05) is 0 Å². The molecule has 0 radical (unpaired) electrons. The van der Waals surface area contributed by atoms with E-state index in [0.29, 0.717) is 0 Å². The van der Waals surface area contributed by atoms with Gasteiger partial charge in [0.25, 0.3) is 0 Å². The molecule has 1 heterocycles. The van der Waals surface area contributed by atoms with Crippen LogP contribution in [0.3, 0.4) is 0 Å². The minimum absolute atomic E-state index is 0.0241. The van der Waals surface area contributed by atoms with Crippen LogP contribution in [0.5, 0.6) is 0 Å². The van der Waals surface area contributed by atoms with Gasteiger partial charge in [0.2, 0.25) is 0 Å². The predicted molar refractivity (Wildman–Crippen MR) is 77.4 cm³/mol. The van der Waals surface area contributed by atoms with E-state index in [1.807, 2.05) is 6.08 Å². The molecule has 2 fully saturated rings. The van der Waals surface area contributed by atoms with Crippen LogP contribution in [0.1, 0.15) is 40.5 Å². The molecule has 2 rings (SSSR count). The zero-order chi connectivity index (χ0) is 15.7. The number of hydrogen-bond donors (Lipinski definition) is 0. The van der Waals surface area contributed by atoms with Gasteiger partial charge in [0.05, 0.1) is 24.3 Å². The standard InChI is InChI=1S/C15H24N2O4/c1-6-11-7-12-8-13(11)17(15(19)21-10(4)5)16(12)14(18)20-9(2)3/h6,9-13H,1,7-8H2,2-5H3. The van der Waals surface area contributed by atoms with Crippen LogP contribution in [-0.4, -0.2) is 46.5 Å². The van der Waals surface area contributed by atoms with Crippen molar-refractivity contribution in [3.05, 3.63) is 12.7 Å². The maximum absolute atomic E-state index is 12.3. The van der Waals surface area contributed by atoms with Gasteiger partial charge in [-0.05, 0) is 40.5 Å². The van der Waals surface area contributed by atoms with E-state index in [9.17, 15) is 9.59 Å². The second kappa shape index (κ2) is 5.95. The lowest BCUT2D eigenvalue weighted by atomic mass is 10.0. The smallest absolute Gasteiger partial charge is 0.429 e. The second-order valence-electron chi connectivity index (χ2n) is 6.15. The molecule has 0 aromatic rings. The quantitative estimate of drug-likeness (QED) is 0.751. The number of rotatable bonds is 3. The monoisotopic (exact) mass is 296 g/mol. The van der Waals surface area contributed by atoms with Crippen LogP contribution in [-0.2, 0) is 9.47 Å². The van der Waals surface area contributed by atoms with Gasteiger partial charge in [0, 0.05) is 5.92 Å². The number of carbonyl (C=O) groups excluding carboxylic acids is 2. The molecule has 2 aliphatic rings. The third-order valence-corrected chi connectivity index (χ3v) is 3.79. The molecule has 2 bridgehead atoms. The van der Waals surface area contributed by atoms with Gasteiger partial charge in [-0.2, -0.15) is 0 Å². The molecule has 0 aromatic heterocycles. The Morgan fingerprint density at radius 2 is 1.57 bits per heavy atom. The lowest BCUT2D eigenvalue weighted by Crippen LogP contribution is -2.56. The molecule has 3 atom stereocenters. The fourth-order valence-electron chi connectivity index (χ4n) is 3.06. The number of fused-ring (bicyclic) bond motifs is 2. The molecule has 118 valence electrons. The largest absolute Gasteiger partial charge is 0.445 e. The summed E-state index contributed by atoms with van der Waals surface area (Å²) < 4.78 is 10.5. The fourth-order valence-corrected chi connectivity index (χ4v) is 3.06. The van der Waals surface area contributed by atoms with Crippen LogP contribution in [0.25, 0.3) is 0 Å². The fraction of sp³-hybridized carbons (Fsp3) is 0.733. The summed E-state index contributed by atoms with van der Waals surface area (Å²) in [5.74, 6) is 0.192. The molecule has 0 N–H and O–H groups in total. The van der Waals surface area contributed by atoms with Crippen molar-refractivity contribution < 1.29 is 19.1 Å². The highest BCUT2D eigenvalue weighted by Gasteiger charge is 2.54. The van der Waals surface area contributed by atoms with E-state index in [1.54, 1.807) is 27.7 Å². The van der Waals surface area contributed by atoms with E-state index in [0.717, 1.165) is 12.8 Å². The summed E-state index contributed by atoms with van der Waals surface area (Å²) in [6, 6.07) is -0.0950. The molecule has 1 aliphatic heterocycles. The van der Waals surface area contributed by atoms with Crippen molar-refractivity contribution in [1.29, 1.82) is 0 Å². The molecule has 3 unspecified atom stereocenters. The summed E-state index contributed by atoms with van der Waals surface area (Å²) in [6.45, 7) is 11.0. The van der Waals surface area contributed by atoms with E-state index in [4.69, 9.17) is 9.47 Å². The average Bonchev–Trinajstić information content (AvgIpc) is 2.93. The molecule has 6 nitrogen and oxygen atoms in total. The van der Waals surface area contributed by atoms with Gasteiger partial charge in [-0.25, -0.2) is 19.6 Å². The number of carbonyl (C=O) groups is 2. The van der Waals surface area contributed by atoms with E-state index in [1.165, 1.54) is 10.0 Å². The van der Waals surface area contributed by atoms with Gasteiger partial charge >= 0.3 is 12.2 Å². The van der Waals surface area contributed by atoms with Crippen molar-refractivity contribution in [3.8, 4) is 0 Å². The van der Waals surface area contributed by atoms with Crippen molar-refractivity contribution in [1.82, 2.24) is 10.0 Å². The Bertz CT molecular complexity index is 435. The molecule has 1 saturated carbocycles. The summed E-state index contributed by atoms with van der Waals surface area (Å²) in [5.41, 5.74) is 0. The van der Waals surface area contributed by atoms with Gasteiger partial charge in [0.1, 0.15) is 0 Å². The van der Waals surface area contributed by atoms with E-state index in [-0.39, 0.29) is 30.2 Å². The van der Waals surface area contributed by atoms with E-state index < -0.39 is 12.2 Å². The Morgan fingerprint density at radius 1 is 1.05 bits per heavy atom. The molecule has 2 amide bonds. The molecule has 0 spiro atoms. The lowest BCUT2D eigenvalue weighted by molar-refractivity contribution is -0.0595. The Kier molecular flexibility index (Phi) is 4.44. The Balaban J connectivity index is 2.20. The summed E-state index contributed by atoms with van der Waals surface area (Å²) in [5, 5.41) is 2.85. The summed E-state index contributed by atoms with van der Waals surface area (Å²) in [4.78, 5) is 24.6. The number of nitrogens with zero attached hydrogens (tertiary/aromatic N) is 2. The van der Waals surface area contributed by atoms with Crippen LogP contribution in [0.2, 0.25) is 0 Å². The van der Waals surface area contributed by atoms with Crippen LogP contribution in [0, 0.1) is 5.92 Å². The molecule has 1 aliphatic carbocycles. The highest BCUT2D eigenvalue weighted by Crippen LogP contribution is 2.43. The normalized spacial score (nSPS) is 27.4. The van der Waals surface area contributed by atoms with Gasteiger partial charge in [0.15, 0.2) is 0 Å². The van der Waals surface area contributed by atoms with Crippen molar-refractivity contribution >= 4 is 12.2 Å². The minimum Gasteiger partial charge on any atom is -0.445 e. The van der Waals surface area contributed by atoms with Gasteiger partial charge in [-0.15, -0.1) is 6.58 Å². The van der Waals surface area contributed by atoms with Crippen molar-refractivity contribution in [3.63, 3.8) is 0 Å². The second-order valence-corrected chi connectivity index (χ2v) is 6.15. The topological polar surface area (TPSA) is 59.1 Å². The first-order valence-electron chi connectivity index (χ1n) is 7.47. The van der Waals surface area contributed by atoms with Crippen LogP contribution >= 0.6 is 0 Å². The average molecular weight is 296 g/mol. The Morgan fingerprint density at radius 3 is 2.05 bits per heavy atom. The lowest BCUT2D eigenvalue weighted by Gasteiger charge is -2.39. The molecular formula is C15H24N2O4. The maximum atomic E-state index is 12.3. The van der Waals surface area contributed by atoms with Gasteiger partial charge in [-0.1, -0.05) is 6.08 Å². The molecule has 1 saturated heterocycles. The molecular weight excluding hydrogens is 272 g/mol. The number of hydrazine groups is 1. The van der Waals surface area contributed by atoms with Crippen LogP contribution < -0.4 is 0 Å². The van der Waals surface area contributed by atoms with Gasteiger partial charge in [-0.3, -0.25) is 0 Å². The zero-order valence-corrected chi connectivity index (χ0v) is 13.1. The molecule has 0 aromatic carbocycles. The SMILES string of the molecule is C=CC1CC2CC1N(C(=O)OC(C)C)N2C(=O)OC(C)C. The van der Waals surface area contributed by atoms with Crippen LogP contribution in [0.15, 0.2) is 12.7 Å². The molecule has 6 heteroatoms. The summed E-state index contributed by atoms with van der Waals surface area (Å²) >= 11 is 0. The third kappa shape index (κ3) is 2.99. The highest BCUT2D eigenvalue weighted by atomic mass is 16.6. The third-order valence-electron chi connectivity index (χ3n) is 3.79. The Labute approximate surface area is 125 Å². The minimum atomic E-state index is -0.496. The first kappa shape index (κ1) is 15.7. The van der Waals surface area contributed by atoms with Gasteiger partial charge < -0.3 is 9.47 Å². The Hall–Kier alpha value is -1.72. The predicted octanol–water partition coefficient (Wildman–Crippen LogP) is 2.94. The number of ether oxygens (including phenoxy) is 2. The van der Waals surface area contributed by atoms with E-state index >= 15 is 0 Å². The number of amides is 2. The van der Waals surface area contributed by atoms with Crippen LogP contribution in [0.4, 0.5) is 9.59 Å². The first-order chi connectivity index (χ1) is 9.85. The van der Waals surface area contributed by atoms with Crippen molar-refractivity contribution in [2.45, 2.75) is 64.8 Å². The first-order valence-corrected chi connectivity index (χ1v) is 7.47. The molecule has 21 heavy (non-hydrogen) atoms. The summed E-state index contributed by atoms with van der Waals surface area (Å²) in [7, 11) is 0. The summed E-state index contributed by atoms with van der Waals surface area (Å²) in [6.07, 6.45) is 1.97. The highest BCUT2D eigenvalue weighted by molar-refractivity contribution is 5.76. The maximum Gasteiger partial charge on any atom is 0.429 e.